The van der Waals surface area contributed by atoms with Crippen LogP contribution in [-0.4, -0.2) is 29.3 Å². The van der Waals surface area contributed by atoms with Gasteiger partial charge in [0, 0.05) is 27.7 Å². The normalized spacial score (nSPS) is 15.3. The van der Waals surface area contributed by atoms with Crippen molar-refractivity contribution in [3.8, 4) is 11.4 Å². The van der Waals surface area contributed by atoms with Gasteiger partial charge in [-0.05, 0) is 68.8 Å². The minimum atomic E-state index is -0.814. The third-order valence-corrected chi connectivity index (χ3v) is 7.90. The molecule has 5 rings (SSSR count). The van der Waals surface area contributed by atoms with Crippen LogP contribution in [0.3, 0.4) is 0 Å². The number of aryl methyl sites for hydroxylation is 1. The summed E-state index contributed by atoms with van der Waals surface area (Å²) in [5.41, 5.74) is 5.08. The minimum Gasteiger partial charge on any atom is -0.496 e. The number of halogens is 1. The minimum absolute atomic E-state index is 0.259. The fourth-order valence-electron chi connectivity index (χ4n) is 4.96. The molecule has 0 bridgehead atoms. The Morgan fingerprint density at radius 2 is 1.82 bits per heavy atom. The maximum absolute atomic E-state index is 13.9. The number of hydrogen-bond donors (Lipinski definition) is 0. The summed E-state index contributed by atoms with van der Waals surface area (Å²) >= 11 is 7.63. The average Bonchev–Trinajstić information content (AvgIpc) is 3.37. The zero-order valence-corrected chi connectivity index (χ0v) is 23.2. The lowest BCUT2D eigenvalue weighted by molar-refractivity contribution is -0.136. The number of benzene rings is 2. The summed E-state index contributed by atoms with van der Waals surface area (Å²) in [6.07, 6.45) is 1.88. The summed E-state index contributed by atoms with van der Waals surface area (Å²) in [4.78, 5) is 32.0. The van der Waals surface area contributed by atoms with E-state index in [9.17, 15) is 9.59 Å². The fourth-order valence-corrected chi connectivity index (χ4v) is 6.17. The first-order valence-electron chi connectivity index (χ1n) is 11.9. The Kier molecular flexibility index (Phi) is 6.86. The summed E-state index contributed by atoms with van der Waals surface area (Å²) in [6, 6.07) is 16.4. The molecule has 0 fully saturated rings. The molecule has 1 aliphatic rings. The van der Waals surface area contributed by atoms with Crippen LogP contribution in [0, 0.1) is 13.8 Å². The van der Waals surface area contributed by atoms with Crippen molar-refractivity contribution in [2.45, 2.75) is 26.8 Å². The summed E-state index contributed by atoms with van der Waals surface area (Å²) in [6.45, 7) is 5.80. The molecular formula is C29H26ClN3O4S. The van der Waals surface area contributed by atoms with Crippen molar-refractivity contribution >= 4 is 35.0 Å². The molecule has 0 saturated heterocycles. The Balaban J connectivity index is 1.75. The molecule has 2 aromatic carbocycles. The number of carbonyl (C=O) groups is 1. The number of para-hydroxylation sites is 1. The van der Waals surface area contributed by atoms with Gasteiger partial charge in [-0.2, -0.15) is 0 Å². The zero-order valence-electron chi connectivity index (χ0n) is 21.6. The first kappa shape index (κ1) is 25.8. The highest BCUT2D eigenvalue weighted by atomic mass is 35.5. The topological polar surface area (TPSA) is 74.8 Å². The number of thiazole rings is 1. The Labute approximate surface area is 228 Å². The van der Waals surface area contributed by atoms with Crippen LogP contribution in [0.4, 0.5) is 0 Å². The molecule has 194 valence electrons. The number of nitrogens with zero attached hydrogens (tertiary/aromatic N) is 3. The Hall–Kier alpha value is -3.88. The number of carbonyl (C=O) groups excluding carboxylic acids is 1. The van der Waals surface area contributed by atoms with Gasteiger partial charge in [-0.15, -0.1) is 0 Å². The number of ether oxygens (including phenoxy) is 2. The molecular weight excluding hydrogens is 522 g/mol. The van der Waals surface area contributed by atoms with Crippen LogP contribution in [0.15, 0.2) is 75.7 Å². The van der Waals surface area contributed by atoms with Crippen LogP contribution in [0.5, 0.6) is 5.75 Å². The SMILES string of the molecule is COC(=O)C1=C(C)N=c2s/c(=C\c3cc(C)n(-c4ccccc4)c3C)c(=O)n2[C@@H]1c1cc(Cl)ccc1OC. The summed E-state index contributed by atoms with van der Waals surface area (Å²) in [5.74, 6) is -0.0737. The van der Waals surface area contributed by atoms with E-state index in [2.05, 4.69) is 15.6 Å². The standard InChI is InChI=1S/C29H26ClN3O4S/c1-16-13-19(18(3)32(16)21-9-7-6-8-10-21)14-24-27(34)33-26(22-15-20(30)11-12-23(22)36-4)25(28(35)37-5)17(2)31-29(33)38-24/h6-15,26H,1-5H3/b24-14-/t26-/m1/s1. The van der Waals surface area contributed by atoms with Gasteiger partial charge in [-0.25, -0.2) is 9.79 Å². The molecule has 38 heavy (non-hydrogen) atoms. The van der Waals surface area contributed by atoms with Crippen LogP contribution in [0.2, 0.25) is 5.02 Å². The predicted molar refractivity (Wildman–Crippen MR) is 149 cm³/mol. The van der Waals surface area contributed by atoms with Gasteiger partial charge in [0.15, 0.2) is 4.80 Å². The zero-order chi connectivity index (χ0) is 27.1. The van der Waals surface area contributed by atoms with E-state index in [4.69, 9.17) is 21.1 Å². The summed E-state index contributed by atoms with van der Waals surface area (Å²) in [5, 5.41) is 0.454. The van der Waals surface area contributed by atoms with Crippen molar-refractivity contribution in [2.75, 3.05) is 14.2 Å². The van der Waals surface area contributed by atoms with E-state index >= 15 is 0 Å². The number of rotatable bonds is 5. The van der Waals surface area contributed by atoms with Crippen molar-refractivity contribution in [3.05, 3.63) is 113 Å². The van der Waals surface area contributed by atoms with E-state index in [1.54, 1.807) is 25.1 Å². The van der Waals surface area contributed by atoms with Gasteiger partial charge in [0.2, 0.25) is 0 Å². The molecule has 0 radical (unpaired) electrons. The Morgan fingerprint density at radius 1 is 1.08 bits per heavy atom. The van der Waals surface area contributed by atoms with Crippen molar-refractivity contribution in [3.63, 3.8) is 0 Å². The molecule has 1 atom stereocenters. The molecule has 0 N–H and O–H groups in total. The lowest BCUT2D eigenvalue weighted by Crippen LogP contribution is -2.40. The molecule has 9 heteroatoms. The number of esters is 1. The van der Waals surface area contributed by atoms with Gasteiger partial charge in [0.05, 0.1) is 30.0 Å². The van der Waals surface area contributed by atoms with Gasteiger partial charge in [0.1, 0.15) is 11.8 Å². The van der Waals surface area contributed by atoms with Crippen molar-refractivity contribution in [1.82, 2.24) is 9.13 Å². The second kappa shape index (κ2) is 10.1. The second-order valence-corrected chi connectivity index (χ2v) is 10.4. The molecule has 0 aliphatic carbocycles. The molecule has 4 aromatic rings. The van der Waals surface area contributed by atoms with E-state index in [1.807, 2.05) is 50.3 Å². The van der Waals surface area contributed by atoms with Gasteiger partial charge in [-0.3, -0.25) is 9.36 Å². The molecule has 7 nitrogen and oxygen atoms in total. The Morgan fingerprint density at radius 3 is 2.50 bits per heavy atom. The van der Waals surface area contributed by atoms with E-state index in [1.165, 1.54) is 30.1 Å². The van der Waals surface area contributed by atoms with Crippen LogP contribution in [-0.2, 0) is 9.53 Å². The number of allylic oxidation sites excluding steroid dienone is 1. The lowest BCUT2D eigenvalue weighted by atomic mass is 9.95. The fraction of sp³-hybridized carbons (Fsp3) is 0.207. The molecule has 2 aromatic heterocycles. The van der Waals surface area contributed by atoms with E-state index < -0.39 is 12.0 Å². The summed E-state index contributed by atoms with van der Waals surface area (Å²) in [7, 11) is 2.84. The quantitative estimate of drug-likeness (QED) is 0.345. The molecule has 0 amide bonds. The maximum atomic E-state index is 13.9. The highest BCUT2D eigenvalue weighted by Gasteiger charge is 2.35. The van der Waals surface area contributed by atoms with Crippen LogP contribution in [0.25, 0.3) is 11.8 Å². The van der Waals surface area contributed by atoms with Gasteiger partial charge in [0.25, 0.3) is 5.56 Å². The Bertz CT molecular complexity index is 1780. The van der Waals surface area contributed by atoms with Crippen LogP contribution >= 0.6 is 22.9 Å². The van der Waals surface area contributed by atoms with Crippen molar-refractivity contribution < 1.29 is 14.3 Å². The van der Waals surface area contributed by atoms with Crippen LogP contribution in [0.1, 0.15) is 35.5 Å². The van der Waals surface area contributed by atoms with Crippen LogP contribution < -0.4 is 19.6 Å². The highest BCUT2D eigenvalue weighted by Crippen LogP contribution is 2.37. The maximum Gasteiger partial charge on any atom is 0.338 e. The number of aromatic nitrogens is 2. The monoisotopic (exact) mass is 547 g/mol. The first-order chi connectivity index (χ1) is 18.2. The third kappa shape index (κ3) is 4.29. The van der Waals surface area contributed by atoms with Gasteiger partial charge in [-0.1, -0.05) is 41.1 Å². The molecule has 0 saturated carbocycles. The van der Waals surface area contributed by atoms with Gasteiger partial charge < -0.3 is 14.0 Å². The van der Waals surface area contributed by atoms with Crippen molar-refractivity contribution in [1.29, 1.82) is 0 Å². The summed E-state index contributed by atoms with van der Waals surface area (Å²) < 4.78 is 14.9. The smallest absolute Gasteiger partial charge is 0.338 e. The van der Waals surface area contributed by atoms with E-state index in [0.717, 1.165) is 22.6 Å². The largest absolute Gasteiger partial charge is 0.496 e. The molecule has 1 aliphatic heterocycles. The third-order valence-electron chi connectivity index (χ3n) is 6.68. The molecule has 0 unspecified atom stereocenters. The molecule has 3 heterocycles. The van der Waals surface area contributed by atoms with Gasteiger partial charge >= 0.3 is 5.97 Å². The number of fused-ring (bicyclic) bond motifs is 1. The van der Waals surface area contributed by atoms with E-state index in [0.29, 0.717) is 31.4 Å². The molecule has 0 spiro atoms. The van der Waals surface area contributed by atoms with Crippen molar-refractivity contribution in [2.24, 2.45) is 4.99 Å². The highest BCUT2D eigenvalue weighted by molar-refractivity contribution is 7.07. The lowest BCUT2D eigenvalue weighted by Gasteiger charge is -2.25. The van der Waals surface area contributed by atoms with E-state index in [-0.39, 0.29) is 11.1 Å². The predicted octanol–water partition coefficient (Wildman–Crippen LogP) is 4.48. The first-order valence-corrected chi connectivity index (χ1v) is 13.1. The number of hydrogen-bond acceptors (Lipinski definition) is 6. The number of methoxy groups -OCH3 is 2. The average molecular weight is 548 g/mol. The second-order valence-electron chi connectivity index (χ2n) is 8.96.